The minimum absolute atomic E-state index is 0.0857. The van der Waals surface area contributed by atoms with Gasteiger partial charge < -0.3 is 5.32 Å². The van der Waals surface area contributed by atoms with Crippen LogP contribution in [-0.2, 0) is 9.59 Å². The van der Waals surface area contributed by atoms with E-state index < -0.39 is 5.91 Å². The van der Waals surface area contributed by atoms with Gasteiger partial charge >= 0.3 is 0 Å². The number of rotatable bonds is 4. The van der Waals surface area contributed by atoms with E-state index in [2.05, 4.69) is 16.2 Å². The molecule has 20 heavy (non-hydrogen) atoms. The molecule has 0 bridgehead atoms. The van der Waals surface area contributed by atoms with E-state index in [4.69, 9.17) is 0 Å². The van der Waals surface area contributed by atoms with Gasteiger partial charge in [-0.15, -0.1) is 0 Å². The predicted molar refractivity (Wildman–Crippen MR) is 75.8 cm³/mol. The molecule has 0 aromatic heterocycles. The molecule has 0 unspecified atom stereocenters. The third kappa shape index (κ3) is 4.72. The van der Waals surface area contributed by atoms with E-state index >= 15 is 0 Å². The van der Waals surface area contributed by atoms with Gasteiger partial charge in [0.2, 0.25) is 11.8 Å². The Balaban J connectivity index is 2.59. The summed E-state index contributed by atoms with van der Waals surface area (Å²) in [5, 5.41) is 2.73. The second-order valence-electron chi connectivity index (χ2n) is 4.58. The molecule has 0 spiro atoms. The van der Waals surface area contributed by atoms with Gasteiger partial charge in [-0.25, -0.2) is 0 Å². The Morgan fingerprint density at radius 2 is 1.65 bits per heavy atom. The van der Waals surface area contributed by atoms with E-state index in [0.29, 0.717) is 17.7 Å². The molecule has 1 aromatic rings. The van der Waals surface area contributed by atoms with Crippen LogP contribution in [-0.4, -0.2) is 17.7 Å². The topological polar surface area (TPSA) is 87.3 Å². The zero-order valence-corrected chi connectivity index (χ0v) is 11.8. The van der Waals surface area contributed by atoms with Crippen LogP contribution in [0.15, 0.2) is 24.3 Å². The van der Waals surface area contributed by atoms with Crippen molar-refractivity contribution >= 4 is 23.4 Å². The van der Waals surface area contributed by atoms with Crippen molar-refractivity contribution in [2.75, 3.05) is 5.32 Å². The van der Waals surface area contributed by atoms with Crippen LogP contribution >= 0.6 is 0 Å². The lowest BCUT2D eigenvalue weighted by Gasteiger charge is -2.09. The number of amides is 3. The summed E-state index contributed by atoms with van der Waals surface area (Å²) in [6.45, 7) is 5.29. The molecule has 0 fully saturated rings. The van der Waals surface area contributed by atoms with Gasteiger partial charge in [0.1, 0.15) is 0 Å². The molecule has 0 aliphatic carbocycles. The Morgan fingerprint density at radius 3 is 2.15 bits per heavy atom. The van der Waals surface area contributed by atoms with Crippen molar-refractivity contribution in [1.82, 2.24) is 10.9 Å². The van der Waals surface area contributed by atoms with Crippen LogP contribution in [0.4, 0.5) is 5.69 Å². The fourth-order valence-electron chi connectivity index (χ4n) is 1.28. The average Bonchev–Trinajstić information content (AvgIpc) is 2.44. The minimum Gasteiger partial charge on any atom is -0.326 e. The largest absolute Gasteiger partial charge is 0.326 e. The van der Waals surface area contributed by atoms with Crippen molar-refractivity contribution in [3.63, 3.8) is 0 Å². The Morgan fingerprint density at radius 1 is 1.05 bits per heavy atom. The van der Waals surface area contributed by atoms with Gasteiger partial charge in [0.05, 0.1) is 0 Å². The molecule has 0 aliphatic rings. The molecule has 3 N–H and O–H groups in total. The number of carbonyl (C=O) groups is 3. The molecule has 0 radical (unpaired) electrons. The molecule has 0 saturated carbocycles. The van der Waals surface area contributed by atoms with Gasteiger partial charge in [0.25, 0.3) is 5.91 Å². The van der Waals surface area contributed by atoms with Crippen molar-refractivity contribution in [1.29, 1.82) is 0 Å². The van der Waals surface area contributed by atoms with E-state index in [1.54, 1.807) is 45.0 Å². The molecular formula is C14H19N3O3. The molecule has 6 nitrogen and oxygen atoms in total. The number of nitrogens with one attached hydrogen (secondary N) is 3. The first-order valence-corrected chi connectivity index (χ1v) is 6.44. The standard InChI is InChI=1S/C14H19N3O3/c1-4-12(18)16-17-14(20)10-5-7-11(8-6-10)15-13(19)9(2)3/h5-9H,4H2,1-3H3,(H,15,19)(H,16,18)(H,17,20). The molecule has 0 atom stereocenters. The summed E-state index contributed by atoms with van der Waals surface area (Å²) in [6.07, 6.45) is 0.292. The van der Waals surface area contributed by atoms with E-state index in [0.717, 1.165) is 0 Å². The van der Waals surface area contributed by atoms with E-state index in [-0.39, 0.29) is 17.7 Å². The Kier molecular flexibility index (Phi) is 5.71. The van der Waals surface area contributed by atoms with Gasteiger partial charge in [0.15, 0.2) is 0 Å². The van der Waals surface area contributed by atoms with Crippen LogP contribution in [0.25, 0.3) is 0 Å². The zero-order valence-electron chi connectivity index (χ0n) is 11.8. The average molecular weight is 277 g/mol. The van der Waals surface area contributed by atoms with E-state index in [9.17, 15) is 14.4 Å². The number of benzene rings is 1. The van der Waals surface area contributed by atoms with Crippen molar-refractivity contribution in [3.05, 3.63) is 29.8 Å². The lowest BCUT2D eigenvalue weighted by atomic mass is 10.1. The molecule has 0 aliphatic heterocycles. The van der Waals surface area contributed by atoms with Gasteiger partial charge in [-0.05, 0) is 24.3 Å². The quantitative estimate of drug-likeness (QED) is 0.728. The van der Waals surface area contributed by atoms with Gasteiger partial charge in [0, 0.05) is 23.6 Å². The fourth-order valence-corrected chi connectivity index (χ4v) is 1.28. The van der Waals surface area contributed by atoms with Crippen molar-refractivity contribution in [2.24, 2.45) is 5.92 Å². The highest BCUT2D eigenvalue weighted by atomic mass is 16.2. The molecule has 108 valence electrons. The molecule has 0 saturated heterocycles. The van der Waals surface area contributed by atoms with E-state index in [1.165, 1.54) is 0 Å². The molecule has 1 aromatic carbocycles. The Hall–Kier alpha value is -2.37. The normalized spacial score (nSPS) is 10.0. The molecule has 3 amide bonds. The summed E-state index contributed by atoms with van der Waals surface area (Å²) in [7, 11) is 0. The first-order valence-electron chi connectivity index (χ1n) is 6.44. The second kappa shape index (κ2) is 7.28. The molecule has 1 rings (SSSR count). The molecule has 6 heteroatoms. The number of hydrazine groups is 1. The summed E-state index contributed by atoms with van der Waals surface area (Å²) >= 11 is 0. The van der Waals surface area contributed by atoms with Crippen molar-refractivity contribution < 1.29 is 14.4 Å². The highest BCUT2D eigenvalue weighted by Crippen LogP contribution is 2.10. The van der Waals surface area contributed by atoms with Gasteiger partial charge in [-0.3, -0.25) is 25.2 Å². The van der Waals surface area contributed by atoms with Crippen LogP contribution in [0.2, 0.25) is 0 Å². The zero-order chi connectivity index (χ0) is 15.1. The minimum atomic E-state index is -0.409. The second-order valence-corrected chi connectivity index (χ2v) is 4.58. The smallest absolute Gasteiger partial charge is 0.269 e. The first-order chi connectivity index (χ1) is 9.43. The lowest BCUT2D eigenvalue weighted by Crippen LogP contribution is -2.41. The summed E-state index contributed by atoms with van der Waals surface area (Å²) in [6, 6.07) is 6.42. The predicted octanol–water partition coefficient (Wildman–Crippen LogP) is 1.45. The fraction of sp³-hybridized carbons (Fsp3) is 0.357. The summed E-state index contributed by atoms with van der Waals surface area (Å²) < 4.78 is 0. The van der Waals surface area contributed by atoms with Crippen LogP contribution in [0.1, 0.15) is 37.6 Å². The number of carbonyl (C=O) groups excluding carboxylic acids is 3. The van der Waals surface area contributed by atoms with Crippen LogP contribution in [0.3, 0.4) is 0 Å². The van der Waals surface area contributed by atoms with Crippen LogP contribution < -0.4 is 16.2 Å². The maximum Gasteiger partial charge on any atom is 0.269 e. The summed E-state index contributed by atoms with van der Waals surface area (Å²) in [5.74, 6) is -0.868. The Bertz CT molecular complexity index is 495. The third-order valence-electron chi connectivity index (χ3n) is 2.58. The van der Waals surface area contributed by atoms with Crippen molar-refractivity contribution in [3.8, 4) is 0 Å². The molecule has 0 heterocycles. The lowest BCUT2D eigenvalue weighted by molar-refractivity contribution is -0.121. The van der Waals surface area contributed by atoms with Crippen molar-refractivity contribution in [2.45, 2.75) is 27.2 Å². The van der Waals surface area contributed by atoms with E-state index in [1.807, 2.05) is 0 Å². The first kappa shape index (κ1) is 15.7. The van der Waals surface area contributed by atoms with Gasteiger partial charge in [-0.2, -0.15) is 0 Å². The highest BCUT2D eigenvalue weighted by Gasteiger charge is 2.09. The highest BCUT2D eigenvalue weighted by molar-refractivity contribution is 5.96. The molecular weight excluding hydrogens is 258 g/mol. The maximum absolute atomic E-state index is 11.7. The van der Waals surface area contributed by atoms with Crippen LogP contribution in [0.5, 0.6) is 0 Å². The summed E-state index contributed by atoms with van der Waals surface area (Å²) in [4.78, 5) is 34.2. The maximum atomic E-state index is 11.7. The number of hydrogen-bond donors (Lipinski definition) is 3. The third-order valence-corrected chi connectivity index (χ3v) is 2.58. The summed E-state index contributed by atoms with van der Waals surface area (Å²) in [5.41, 5.74) is 5.60. The monoisotopic (exact) mass is 277 g/mol. The number of hydrogen-bond acceptors (Lipinski definition) is 3. The van der Waals surface area contributed by atoms with Crippen LogP contribution in [0, 0.1) is 5.92 Å². The Labute approximate surface area is 117 Å². The van der Waals surface area contributed by atoms with Gasteiger partial charge in [-0.1, -0.05) is 20.8 Å². The number of anilines is 1. The SMILES string of the molecule is CCC(=O)NNC(=O)c1ccc(NC(=O)C(C)C)cc1.